The van der Waals surface area contributed by atoms with E-state index in [9.17, 15) is 18.8 Å². The number of nitrogens with zero attached hydrogens (tertiary/aromatic N) is 2. The predicted octanol–water partition coefficient (Wildman–Crippen LogP) is 1.76. The Balaban J connectivity index is 1.97. The van der Waals surface area contributed by atoms with Crippen LogP contribution in [0.3, 0.4) is 0 Å². The average Bonchev–Trinajstić information content (AvgIpc) is 3.10. The number of rotatable bonds is 11. The first-order chi connectivity index (χ1) is 12.9. The van der Waals surface area contributed by atoms with Gasteiger partial charge in [0.2, 0.25) is 10.0 Å². The van der Waals surface area contributed by atoms with Crippen molar-refractivity contribution in [1.82, 2.24) is 4.31 Å². The van der Waals surface area contributed by atoms with Crippen molar-refractivity contribution in [2.45, 2.75) is 37.1 Å². The monoisotopic (exact) mass is 404 g/mol. The van der Waals surface area contributed by atoms with Crippen molar-refractivity contribution in [3.8, 4) is 0 Å². The molecule has 1 saturated heterocycles. The van der Waals surface area contributed by atoms with Gasteiger partial charge in [0.15, 0.2) is 0 Å². The summed E-state index contributed by atoms with van der Waals surface area (Å²) in [6, 6.07) is 4.14. The summed E-state index contributed by atoms with van der Waals surface area (Å²) in [6.07, 6.45) is 2.11. The third-order valence-electron chi connectivity index (χ3n) is 4.52. The minimum Gasteiger partial charge on any atom is -0.382 e. The summed E-state index contributed by atoms with van der Waals surface area (Å²) in [5.41, 5.74) is 0.585. The molecule has 9 nitrogen and oxygen atoms in total. The molecule has 0 bridgehead atoms. The van der Waals surface area contributed by atoms with E-state index >= 15 is 0 Å². The SMILES string of the molecule is COCCOCOCC[C@H]1CCCN1S(=O)(=O)c1ccc(C)c(N(O)O)c1. The Kier molecular flexibility index (Phi) is 8.42. The van der Waals surface area contributed by atoms with Crippen LogP contribution in [0.1, 0.15) is 24.8 Å². The summed E-state index contributed by atoms with van der Waals surface area (Å²) in [4.78, 5) is 0.0342. The van der Waals surface area contributed by atoms with Crippen LogP contribution in [0.15, 0.2) is 23.1 Å². The molecule has 154 valence electrons. The van der Waals surface area contributed by atoms with Gasteiger partial charge in [-0.1, -0.05) is 6.07 Å². The lowest BCUT2D eigenvalue weighted by Gasteiger charge is -2.24. The second-order valence-electron chi connectivity index (χ2n) is 6.37. The van der Waals surface area contributed by atoms with Gasteiger partial charge in [-0.05, 0) is 43.9 Å². The van der Waals surface area contributed by atoms with Crippen LogP contribution in [0, 0.1) is 6.92 Å². The fourth-order valence-corrected chi connectivity index (χ4v) is 4.80. The van der Waals surface area contributed by atoms with Gasteiger partial charge in [-0.15, -0.1) is 5.23 Å². The zero-order chi connectivity index (χ0) is 19.9. The molecule has 1 heterocycles. The van der Waals surface area contributed by atoms with E-state index in [0.29, 0.717) is 38.3 Å². The largest absolute Gasteiger partial charge is 0.382 e. The molecule has 0 radical (unpaired) electrons. The smallest absolute Gasteiger partial charge is 0.243 e. The van der Waals surface area contributed by atoms with Crippen LogP contribution in [-0.2, 0) is 24.2 Å². The Morgan fingerprint density at radius 2 is 1.96 bits per heavy atom. The summed E-state index contributed by atoms with van der Waals surface area (Å²) in [5.74, 6) is 0. The molecule has 1 aliphatic heterocycles. The van der Waals surface area contributed by atoms with Gasteiger partial charge in [0.25, 0.3) is 0 Å². The predicted molar refractivity (Wildman–Crippen MR) is 97.4 cm³/mol. The molecular weight excluding hydrogens is 376 g/mol. The van der Waals surface area contributed by atoms with Gasteiger partial charge < -0.3 is 14.2 Å². The molecule has 0 unspecified atom stereocenters. The van der Waals surface area contributed by atoms with E-state index in [2.05, 4.69) is 0 Å². The highest BCUT2D eigenvalue weighted by Gasteiger charge is 2.35. The average molecular weight is 404 g/mol. The van der Waals surface area contributed by atoms with Gasteiger partial charge in [-0.3, -0.25) is 10.4 Å². The lowest BCUT2D eigenvalue weighted by Crippen LogP contribution is -2.36. The molecule has 0 saturated carbocycles. The summed E-state index contributed by atoms with van der Waals surface area (Å²) in [7, 11) is -2.14. The molecule has 1 aromatic rings. The molecule has 2 N–H and O–H groups in total. The molecule has 0 aromatic heterocycles. The lowest BCUT2D eigenvalue weighted by atomic mass is 10.2. The fraction of sp³-hybridized carbons (Fsp3) is 0.647. The Bertz CT molecular complexity index is 697. The summed E-state index contributed by atoms with van der Waals surface area (Å²) >= 11 is 0. The van der Waals surface area contributed by atoms with Gasteiger partial charge in [0.1, 0.15) is 6.79 Å². The number of anilines is 1. The van der Waals surface area contributed by atoms with Crippen molar-refractivity contribution in [2.75, 3.05) is 45.5 Å². The summed E-state index contributed by atoms with van der Waals surface area (Å²) in [6.45, 7) is 3.58. The number of sulfonamides is 1. The van der Waals surface area contributed by atoms with Crippen LogP contribution in [-0.4, -0.2) is 69.4 Å². The molecule has 10 heteroatoms. The third kappa shape index (κ3) is 5.85. The molecule has 27 heavy (non-hydrogen) atoms. The Morgan fingerprint density at radius 3 is 2.67 bits per heavy atom. The third-order valence-corrected chi connectivity index (χ3v) is 6.47. The molecule has 0 amide bonds. The molecule has 1 aromatic carbocycles. The Morgan fingerprint density at radius 1 is 1.22 bits per heavy atom. The van der Waals surface area contributed by atoms with Gasteiger partial charge in [0.05, 0.1) is 30.4 Å². The number of benzene rings is 1. The number of hydrogen-bond donors (Lipinski definition) is 2. The van der Waals surface area contributed by atoms with Crippen molar-refractivity contribution >= 4 is 15.7 Å². The fourth-order valence-electron chi connectivity index (χ4n) is 3.05. The van der Waals surface area contributed by atoms with E-state index in [1.807, 2.05) is 0 Å². The molecule has 2 rings (SSSR count). The molecule has 1 atom stereocenters. The number of aryl methyl sites for hydroxylation is 1. The normalized spacial score (nSPS) is 18.1. The van der Waals surface area contributed by atoms with Crippen LogP contribution in [0.5, 0.6) is 0 Å². The standard InChI is InChI=1S/C17H28N2O7S/c1-14-5-6-16(12-17(14)19(20)21)27(22,23)18-8-3-4-15(18)7-9-25-13-26-11-10-24-2/h5-6,12,15,20-21H,3-4,7-11,13H2,1-2H3/t15-/m1/s1. The van der Waals surface area contributed by atoms with Gasteiger partial charge in [-0.2, -0.15) is 4.31 Å². The minimum atomic E-state index is -3.73. The summed E-state index contributed by atoms with van der Waals surface area (Å²) < 4.78 is 43.0. The first-order valence-corrected chi connectivity index (χ1v) is 10.3. The van der Waals surface area contributed by atoms with Crippen molar-refractivity contribution in [3.63, 3.8) is 0 Å². The van der Waals surface area contributed by atoms with Crippen molar-refractivity contribution in [1.29, 1.82) is 0 Å². The maximum atomic E-state index is 13.0. The second kappa shape index (κ2) is 10.3. The van der Waals surface area contributed by atoms with E-state index in [1.165, 1.54) is 16.4 Å². The van der Waals surface area contributed by atoms with Crippen LogP contribution >= 0.6 is 0 Å². The minimum absolute atomic E-state index is 0.0309. The summed E-state index contributed by atoms with van der Waals surface area (Å²) in [5, 5.41) is 18.5. The molecule has 1 aliphatic rings. The van der Waals surface area contributed by atoms with E-state index in [0.717, 1.165) is 12.8 Å². The van der Waals surface area contributed by atoms with E-state index in [1.54, 1.807) is 20.1 Å². The van der Waals surface area contributed by atoms with Crippen LogP contribution in [0.25, 0.3) is 0 Å². The van der Waals surface area contributed by atoms with Crippen molar-refractivity contribution < 1.29 is 33.0 Å². The zero-order valence-corrected chi connectivity index (χ0v) is 16.5. The highest BCUT2D eigenvalue weighted by atomic mass is 32.2. The van der Waals surface area contributed by atoms with Gasteiger partial charge >= 0.3 is 0 Å². The first-order valence-electron chi connectivity index (χ1n) is 8.82. The Labute approximate surface area is 160 Å². The zero-order valence-electron chi connectivity index (χ0n) is 15.7. The van der Waals surface area contributed by atoms with Crippen molar-refractivity contribution in [3.05, 3.63) is 23.8 Å². The van der Waals surface area contributed by atoms with E-state index < -0.39 is 10.0 Å². The van der Waals surface area contributed by atoms with Crippen LogP contribution in [0.4, 0.5) is 5.69 Å². The van der Waals surface area contributed by atoms with E-state index in [-0.39, 0.29) is 28.6 Å². The van der Waals surface area contributed by atoms with Gasteiger partial charge in [0, 0.05) is 19.7 Å². The number of hydrogen-bond acceptors (Lipinski definition) is 8. The molecule has 1 fully saturated rings. The highest BCUT2D eigenvalue weighted by Crippen LogP contribution is 2.30. The molecule has 0 aliphatic carbocycles. The second-order valence-corrected chi connectivity index (χ2v) is 8.26. The van der Waals surface area contributed by atoms with Crippen LogP contribution < -0.4 is 5.23 Å². The van der Waals surface area contributed by atoms with Crippen LogP contribution in [0.2, 0.25) is 0 Å². The lowest BCUT2D eigenvalue weighted by molar-refractivity contribution is -0.0679. The number of ether oxygens (including phenoxy) is 3. The molecule has 0 spiro atoms. The molecular formula is C17H28N2O7S. The maximum Gasteiger partial charge on any atom is 0.243 e. The highest BCUT2D eigenvalue weighted by molar-refractivity contribution is 7.89. The first kappa shape index (κ1) is 22.0. The quantitative estimate of drug-likeness (QED) is 0.326. The number of methoxy groups -OCH3 is 1. The Hall–Kier alpha value is -1.27. The maximum absolute atomic E-state index is 13.0. The van der Waals surface area contributed by atoms with Gasteiger partial charge in [-0.25, -0.2) is 8.42 Å². The van der Waals surface area contributed by atoms with E-state index in [4.69, 9.17) is 14.2 Å². The topological polar surface area (TPSA) is 109 Å². The van der Waals surface area contributed by atoms with Crippen molar-refractivity contribution in [2.24, 2.45) is 0 Å².